The first-order chi connectivity index (χ1) is 14.6. The average Bonchev–Trinajstić information content (AvgIpc) is 3.29. The van der Waals surface area contributed by atoms with Crippen LogP contribution in [0.2, 0.25) is 0 Å². The Labute approximate surface area is 180 Å². The highest BCUT2D eigenvalue weighted by Gasteiger charge is 2.23. The zero-order valence-electron chi connectivity index (χ0n) is 17.9. The summed E-state index contributed by atoms with van der Waals surface area (Å²) in [4.78, 5) is 37.1. The summed E-state index contributed by atoms with van der Waals surface area (Å²) in [6, 6.07) is 13.7. The van der Waals surface area contributed by atoms with Crippen molar-refractivity contribution in [3.05, 3.63) is 76.6 Å². The number of carbonyl (C=O) groups is 3. The molecule has 2 heterocycles. The number of hydrogen-bond acceptors (Lipinski definition) is 4. The van der Waals surface area contributed by atoms with E-state index in [-0.39, 0.29) is 23.1 Å². The van der Waals surface area contributed by atoms with Crippen LogP contribution in [0.15, 0.2) is 48.5 Å². The van der Waals surface area contributed by atoms with E-state index < -0.39 is 0 Å². The molecule has 1 aliphatic rings. The van der Waals surface area contributed by atoms with Gasteiger partial charge in [0.25, 0.3) is 5.91 Å². The number of fused-ring (bicyclic) bond motifs is 1. The lowest BCUT2D eigenvalue weighted by Crippen LogP contribution is -2.29. The van der Waals surface area contributed by atoms with E-state index in [0.29, 0.717) is 34.6 Å². The fourth-order valence-electron chi connectivity index (χ4n) is 3.59. The Bertz CT molecular complexity index is 1200. The van der Waals surface area contributed by atoms with Gasteiger partial charge in [-0.25, -0.2) is 0 Å². The van der Waals surface area contributed by atoms with E-state index in [2.05, 4.69) is 15.7 Å². The number of nitrogens with zero attached hydrogens (tertiary/aromatic N) is 2. The summed E-state index contributed by atoms with van der Waals surface area (Å²) in [7, 11) is 0. The maximum Gasteiger partial charge on any atom is 0.273 e. The molecule has 0 saturated heterocycles. The number of amides is 2. The number of aryl methyl sites for hydroxylation is 1. The zero-order valence-corrected chi connectivity index (χ0v) is 17.9. The molecular weight excluding hydrogens is 392 g/mol. The molecule has 2 amide bonds. The van der Waals surface area contributed by atoms with Crippen LogP contribution in [0.1, 0.15) is 58.4 Å². The van der Waals surface area contributed by atoms with Crippen LogP contribution in [0.4, 0.5) is 11.4 Å². The molecule has 0 radical (unpaired) electrons. The Morgan fingerprint density at radius 1 is 1.03 bits per heavy atom. The SMILES string of the molecule is Cc1cc(C(=O)Nc2ccc(C(=O)c3ccc4c(c3)NC(=O)C4)cc2)n(C(C)(C)C)n1. The van der Waals surface area contributed by atoms with Gasteiger partial charge in [-0.1, -0.05) is 12.1 Å². The van der Waals surface area contributed by atoms with Crippen LogP contribution in [0.25, 0.3) is 0 Å². The lowest BCUT2D eigenvalue weighted by Gasteiger charge is -2.22. The minimum absolute atomic E-state index is 0.0670. The number of carbonyl (C=O) groups excluding carboxylic acids is 3. The molecule has 0 fully saturated rings. The summed E-state index contributed by atoms with van der Waals surface area (Å²) in [6.07, 6.45) is 0.339. The van der Waals surface area contributed by atoms with Crippen LogP contribution in [0.3, 0.4) is 0 Å². The van der Waals surface area contributed by atoms with Crippen molar-refractivity contribution in [1.82, 2.24) is 9.78 Å². The monoisotopic (exact) mass is 416 g/mol. The van der Waals surface area contributed by atoms with Crippen LogP contribution in [-0.2, 0) is 16.8 Å². The average molecular weight is 416 g/mol. The standard InChI is InChI=1S/C24H24N4O3/c1-14-11-20(28(27-14)24(2,3)4)23(31)25-18-9-7-15(8-10-18)22(30)17-6-5-16-13-21(29)26-19(16)12-17/h5-12H,13H2,1-4H3,(H,25,31)(H,26,29). The van der Waals surface area contributed by atoms with E-state index in [1.54, 1.807) is 53.2 Å². The van der Waals surface area contributed by atoms with Gasteiger partial charge in [-0.15, -0.1) is 0 Å². The van der Waals surface area contributed by atoms with Crippen LogP contribution in [0, 0.1) is 6.92 Å². The molecule has 158 valence electrons. The summed E-state index contributed by atoms with van der Waals surface area (Å²) in [6.45, 7) is 7.81. The lowest BCUT2D eigenvalue weighted by molar-refractivity contribution is -0.115. The molecular formula is C24H24N4O3. The van der Waals surface area contributed by atoms with Crippen molar-refractivity contribution in [2.75, 3.05) is 10.6 Å². The Hall–Kier alpha value is -3.74. The lowest BCUT2D eigenvalue weighted by atomic mass is 10.0. The second-order valence-electron chi connectivity index (χ2n) is 8.71. The highest BCUT2D eigenvalue weighted by Crippen LogP contribution is 2.26. The van der Waals surface area contributed by atoms with Crippen molar-refractivity contribution in [3.63, 3.8) is 0 Å². The number of aromatic nitrogens is 2. The van der Waals surface area contributed by atoms with Gasteiger partial charge in [-0.2, -0.15) is 5.10 Å². The van der Waals surface area contributed by atoms with E-state index in [9.17, 15) is 14.4 Å². The van der Waals surface area contributed by atoms with Gasteiger partial charge < -0.3 is 10.6 Å². The second kappa shape index (κ2) is 7.50. The molecule has 7 nitrogen and oxygen atoms in total. The number of rotatable bonds is 4. The Kier molecular flexibility index (Phi) is 4.97. The highest BCUT2D eigenvalue weighted by molar-refractivity contribution is 6.11. The Morgan fingerprint density at radius 2 is 1.71 bits per heavy atom. The zero-order chi connectivity index (χ0) is 22.3. The van der Waals surface area contributed by atoms with Crippen molar-refractivity contribution >= 4 is 29.0 Å². The Balaban J connectivity index is 1.50. The molecule has 2 N–H and O–H groups in total. The first-order valence-electron chi connectivity index (χ1n) is 10.1. The van der Waals surface area contributed by atoms with Crippen molar-refractivity contribution in [1.29, 1.82) is 0 Å². The maximum atomic E-state index is 12.8. The summed E-state index contributed by atoms with van der Waals surface area (Å²) in [5, 5.41) is 10.1. The fourth-order valence-corrected chi connectivity index (χ4v) is 3.59. The minimum Gasteiger partial charge on any atom is -0.326 e. The normalized spacial score (nSPS) is 13.0. The number of anilines is 2. The van der Waals surface area contributed by atoms with Gasteiger partial charge in [0.2, 0.25) is 5.91 Å². The number of benzene rings is 2. The number of hydrogen-bond donors (Lipinski definition) is 2. The van der Waals surface area contributed by atoms with Gasteiger partial charge in [0, 0.05) is 22.5 Å². The largest absolute Gasteiger partial charge is 0.326 e. The molecule has 0 spiro atoms. The molecule has 0 unspecified atom stereocenters. The van der Waals surface area contributed by atoms with E-state index in [4.69, 9.17) is 0 Å². The maximum absolute atomic E-state index is 12.8. The van der Waals surface area contributed by atoms with Gasteiger partial charge in [0.05, 0.1) is 17.7 Å². The van der Waals surface area contributed by atoms with Gasteiger partial charge in [-0.3, -0.25) is 19.1 Å². The molecule has 0 atom stereocenters. The summed E-state index contributed by atoms with van der Waals surface area (Å²) >= 11 is 0. The minimum atomic E-state index is -0.327. The molecule has 1 aromatic heterocycles. The third-order valence-corrected chi connectivity index (χ3v) is 5.10. The van der Waals surface area contributed by atoms with Crippen molar-refractivity contribution in [2.24, 2.45) is 0 Å². The van der Waals surface area contributed by atoms with E-state index >= 15 is 0 Å². The molecule has 2 aromatic carbocycles. The molecule has 0 saturated carbocycles. The number of ketones is 1. The van der Waals surface area contributed by atoms with Gasteiger partial charge in [0.15, 0.2) is 5.78 Å². The van der Waals surface area contributed by atoms with Crippen molar-refractivity contribution < 1.29 is 14.4 Å². The van der Waals surface area contributed by atoms with E-state index in [1.165, 1.54) is 0 Å². The van der Waals surface area contributed by atoms with Crippen LogP contribution in [-0.4, -0.2) is 27.4 Å². The smallest absolute Gasteiger partial charge is 0.273 e. The topological polar surface area (TPSA) is 93.1 Å². The fraction of sp³-hybridized carbons (Fsp3) is 0.250. The number of nitrogens with one attached hydrogen (secondary N) is 2. The van der Waals surface area contributed by atoms with E-state index in [0.717, 1.165) is 11.3 Å². The molecule has 0 bridgehead atoms. The highest BCUT2D eigenvalue weighted by atomic mass is 16.2. The Morgan fingerprint density at radius 3 is 2.39 bits per heavy atom. The van der Waals surface area contributed by atoms with Crippen molar-refractivity contribution in [3.8, 4) is 0 Å². The summed E-state index contributed by atoms with van der Waals surface area (Å²) in [5.41, 5.74) is 4.08. The van der Waals surface area contributed by atoms with Crippen LogP contribution in [0.5, 0.6) is 0 Å². The van der Waals surface area contributed by atoms with Crippen LogP contribution >= 0.6 is 0 Å². The van der Waals surface area contributed by atoms with Gasteiger partial charge in [0.1, 0.15) is 5.69 Å². The predicted octanol–water partition coefficient (Wildman–Crippen LogP) is 3.92. The molecule has 3 aromatic rings. The summed E-state index contributed by atoms with van der Waals surface area (Å²) in [5.74, 6) is -0.477. The van der Waals surface area contributed by atoms with E-state index in [1.807, 2.05) is 27.7 Å². The second-order valence-corrected chi connectivity index (χ2v) is 8.71. The first kappa shape index (κ1) is 20.5. The summed E-state index contributed by atoms with van der Waals surface area (Å²) < 4.78 is 1.71. The predicted molar refractivity (Wildman–Crippen MR) is 119 cm³/mol. The van der Waals surface area contributed by atoms with Gasteiger partial charge in [-0.05, 0) is 69.7 Å². The quantitative estimate of drug-likeness (QED) is 0.631. The molecule has 7 heteroatoms. The molecule has 31 heavy (non-hydrogen) atoms. The van der Waals surface area contributed by atoms with Crippen LogP contribution < -0.4 is 10.6 Å². The molecule has 0 aliphatic carbocycles. The van der Waals surface area contributed by atoms with Crippen molar-refractivity contribution in [2.45, 2.75) is 39.7 Å². The third kappa shape index (κ3) is 4.12. The van der Waals surface area contributed by atoms with Gasteiger partial charge >= 0.3 is 0 Å². The third-order valence-electron chi connectivity index (χ3n) is 5.10. The molecule has 4 rings (SSSR count). The first-order valence-corrected chi connectivity index (χ1v) is 10.1. The molecule has 1 aliphatic heterocycles.